The van der Waals surface area contributed by atoms with Gasteiger partial charge in [-0.25, -0.2) is 10.8 Å². The molecule has 4 saturated carbocycles. The Balaban J connectivity index is 1.76. The zero-order chi connectivity index (χ0) is 12.3. The van der Waals surface area contributed by atoms with Crippen molar-refractivity contribution in [2.45, 2.75) is 50.9 Å². The Morgan fingerprint density at radius 2 is 1.72 bits per heavy atom. The van der Waals surface area contributed by atoms with Crippen LogP contribution in [0.2, 0.25) is 0 Å². The van der Waals surface area contributed by atoms with Crippen LogP contribution in [-0.4, -0.2) is 4.98 Å². The molecule has 0 amide bonds. The molecule has 18 heavy (non-hydrogen) atoms. The van der Waals surface area contributed by atoms with E-state index in [1.165, 1.54) is 49.1 Å². The van der Waals surface area contributed by atoms with Crippen LogP contribution in [0.5, 0.6) is 0 Å². The maximum absolute atomic E-state index is 5.52. The van der Waals surface area contributed by atoms with Crippen LogP contribution in [-0.2, 0) is 5.41 Å². The minimum Gasteiger partial charge on any atom is -0.300 e. The van der Waals surface area contributed by atoms with Gasteiger partial charge in [0.15, 0.2) is 5.13 Å². The Morgan fingerprint density at radius 1 is 1.17 bits per heavy atom. The van der Waals surface area contributed by atoms with Crippen molar-refractivity contribution in [2.24, 2.45) is 23.6 Å². The third-order valence-electron chi connectivity index (χ3n) is 5.46. The molecule has 3 nitrogen and oxygen atoms in total. The lowest BCUT2D eigenvalue weighted by molar-refractivity contribution is -0.00715. The standard InChI is InChI=1S/C14H21N3S/c1-8-12(16-13(17-15)18-8)14-5-9-2-10(6-14)4-11(3-9)7-14/h9-11H,2-7,15H2,1H3,(H,16,17). The fourth-order valence-corrected chi connectivity index (χ4v) is 6.20. The van der Waals surface area contributed by atoms with E-state index in [9.17, 15) is 0 Å². The van der Waals surface area contributed by atoms with Crippen LogP contribution in [0.15, 0.2) is 0 Å². The lowest BCUT2D eigenvalue weighted by Crippen LogP contribution is -2.49. The molecular weight excluding hydrogens is 242 g/mol. The highest BCUT2D eigenvalue weighted by atomic mass is 32.1. The van der Waals surface area contributed by atoms with E-state index in [0.29, 0.717) is 5.41 Å². The molecule has 0 unspecified atom stereocenters. The number of aromatic nitrogens is 1. The summed E-state index contributed by atoms with van der Waals surface area (Å²) >= 11 is 1.72. The molecule has 0 saturated heterocycles. The third-order valence-corrected chi connectivity index (χ3v) is 6.36. The summed E-state index contributed by atoms with van der Waals surface area (Å²) in [5.41, 5.74) is 4.51. The molecule has 4 aliphatic carbocycles. The number of nitrogens with zero attached hydrogens (tertiary/aromatic N) is 1. The molecule has 0 atom stereocenters. The van der Waals surface area contributed by atoms with Gasteiger partial charge in [-0.05, 0) is 63.2 Å². The molecule has 1 aromatic rings. The van der Waals surface area contributed by atoms with Crippen LogP contribution in [0, 0.1) is 24.7 Å². The Labute approximate surface area is 112 Å². The SMILES string of the molecule is Cc1sc(NN)nc1C12CC3CC(CC(C3)C1)C2. The average molecular weight is 263 g/mol. The first kappa shape index (κ1) is 11.2. The van der Waals surface area contributed by atoms with Gasteiger partial charge >= 0.3 is 0 Å². The van der Waals surface area contributed by atoms with Gasteiger partial charge in [-0.1, -0.05) is 0 Å². The Kier molecular flexibility index (Phi) is 2.31. The fraction of sp³-hybridized carbons (Fsp3) is 0.786. The van der Waals surface area contributed by atoms with Gasteiger partial charge in [0, 0.05) is 10.3 Å². The van der Waals surface area contributed by atoms with E-state index in [2.05, 4.69) is 12.3 Å². The molecule has 1 heterocycles. The van der Waals surface area contributed by atoms with Crippen molar-refractivity contribution < 1.29 is 0 Å². The monoisotopic (exact) mass is 263 g/mol. The first-order valence-corrected chi connectivity index (χ1v) is 7.95. The molecule has 0 aliphatic heterocycles. The van der Waals surface area contributed by atoms with E-state index in [0.717, 1.165) is 22.9 Å². The second kappa shape index (κ2) is 3.70. The minimum absolute atomic E-state index is 0.407. The number of nitrogen functional groups attached to an aromatic ring is 1. The predicted molar refractivity (Wildman–Crippen MR) is 74.5 cm³/mol. The zero-order valence-electron chi connectivity index (χ0n) is 10.9. The highest BCUT2D eigenvalue weighted by Crippen LogP contribution is 2.61. The van der Waals surface area contributed by atoms with Crippen molar-refractivity contribution in [1.82, 2.24) is 4.98 Å². The van der Waals surface area contributed by atoms with E-state index >= 15 is 0 Å². The topological polar surface area (TPSA) is 50.9 Å². The van der Waals surface area contributed by atoms with Crippen LogP contribution in [0.1, 0.15) is 49.1 Å². The van der Waals surface area contributed by atoms with Gasteiger partial charge in [0.25, 0.3) is 0 Å². The van der Waals surface area contributed by atoms with Gasteiger partial charge in [0.2, 0.25) is 0 Å². The lowest BCUT2D eigenvalue weighted by atomic mass is 9.48. The molecule has 4 fully saturated rings. The van der Waals surface area contributed by atoms with E-state index in [4.69, 9.17) is 10.8 Å². The van der Waals surface area contributed by atoms with Crippen molar-refractivity contribution in [3.63, 3.8) is 0 Å². The van der Waals surface area contributed by atoms with Crippen molar-refractivity contribution in [3.05, 3.63) is 10.6 Å². The van der Waals surface area contributed by atoms with E-state index in [-0.39, 0.29) is 0 Å². The molecule has 0 aromatic carbocycles. The molecule has 4 heteroatoms. The Bertz CT molecular complexity index is 444. The number of hydrazine groups is 1. The maximum Gasteiger partial charge on any atom is 0.197 e. The number of rotatable bonds is 2. The summed E-state index contributed by atoms with van der Waals surface area (Å²) in [7, 11) is 0. The second-order valence-electron chi connectivity index (χ2n) is 6.77. The van der Waals surface area contributed by atoms with E-state index in [1.807, 2.05) is 0 Å². The number of nitrogens with one attached hydrogen (secondary N) is 1. The average Bonchev–Trinajstić information content (AvgIpc) is 2.69. The molecule has 98 valence electrons. The quantitative estimate of drug-likeness (QED) is 0.636. The zero-order valence-corrected chi connectivity index (χ0v) is 11.7. The number of hydrogen-bond acceptors (Lipinski definition) is 4. The van der Waals surface area contributed by atoms with Crippen molar-refractivity contribution >= 4 is 16.5 Å². The molecule has 3 N–H and O–H groups in total. The Morgan fingerprint density at radius 3 is 2.17 bits per heavy atom. The van der Waals surface area contributed by atoms with Gasteiger partial charge in [-0.15, -0.1) is 11.3 Å². The molecule has 4 bridgehead atoms. The van der Waals surface area contributed by atoms with Gasteiger partial charge < -0.3 is 0 Å². The minimum atomic E-state index is 0.407. The summed E-state index contributed by atoms with van der Waals surface area (Å²) < 4.78 is 0. The van der Waals surface area contributed by atoms with E-state index < -0.39 is 0 Å². The first-order valence-electron chi connectivity index (χ1n) is 7.13. The van der Waals surface area contributed by atoms with Crippen molar-refractivity contribution in [1.29, 1.82) is 0 Å². The summed E-state index contributed by atoms with van der Waals surface area (Å²) in [5.74, 6) is 8.46. The summed E-state index contributed by atoms with van der Waals surface area (Å²) in [5, 5.41) is 0.887. The first-order chi connectivity index (χ1) is 8.68. The Hall–Kier alpha value is -0.610. The predicted octanol–water partition coefficient (Wildman–Crippen LogP) is 3.20. The molecule has 5 rings (SSSR count). The van der Waals surface area contributed by atoms with Gasteiger partial charge in [-0.2, -0.15) is 0 Å². The normalized spacial score (nSPS) is 41.3. The largest absolute Gasteiger partial charge is 0.300 e. The third kappa shape index (κ3) is 1.48. The summed E-state index contributed by atoms with van der Waals surface area (Å²) in [6.07, 6.45) is 8.62. The summed E-state index contributed by atoms with van der Waals surface area (Å²) in [4.78, 5) is 6.18. The van der Waals surface area contributed by atoms with Crippen LogP contribution < -0.4 is 11.3 Å². The van der Waals surface area contributed by atoms with Crippen molar-refractivity contribution in [2.75, 3.05) is 5.43 Å². The number of hydrogen-bond donors (Lipinski definition) is 2. The molecule has 0 spiro atoms. The number of aryl methyl sites for hydroxylation is 1. The highest BCUT2D eigenvalue weighted by Gasteiger charge is 2.53. The summed E-state index contributed by atoms with van der Waals surface area (Å²) in [6.45, 7) is 2.21. The molecule has 0 radical (unpaired) electrons. The van der Waals surface area contributed by atoms with Crippen molar-refractivity contribution in [3.8, 4) is 0 Å². The number of thiazole rings is 1. The van der Waals surface area contributed by atoms with Gasteiger partial charge in [0.1, 0.15) is 0 Å². The molecular formula is C14H21N3S. The molecule has 4 aliphatic rings. The smallest absolute Gasteiger partial charge is 0.197 e. The van der Waals surface area contributed by atoms with Crippen LogP contribution >= 0.6 is 11.3 Å². The summed E-state index contributed by atoms with van der Waals surface area (Å²) in [6, 6.07) is 0. The van der Waals surface area contributed by atoms with Crippen LogP contribution in [0.25, 0.3) is 0 Å². The van der Waals surface area contributed by atoms with Crippen LogP contribution in [0.3, 0.4) is 0 Å². The fourth-order valence-electron chi connectivity index (χ4n) is 5.35. The van der Waals surface area contributed by atoms with Gasteiger partial charge in [0.05, 0.1) is 5.69 Å². The number of anilines is 1. The van der Waals surface area contributed by atoms with E-state index in [1.54, 1.807) is 11.3 Å². The second-order valence-corrected chi connectivity index (χ2v) is 7.97. The van der Waals surface area contributed by atoms with Crippen LogP contribution in [0.4, 0.5) is 5.13 Å². The lowest BCUT2D eigenvalue weighted by Gasteiger charge is -2.56. The number of nitrogens with two attached hydrogens (primary N) is 1. The maximum atomic E-state index is 5.52. The van der Waals surface area contributed by atoms with Gasteiger partial charge in [-0.3, -0.25) is 5.43 Å². The molecule has 1 aromatic heterocycles. The highest BCUT2D eigenvalue weighted by molar-refractivity contribution is 7.15.